The number of rotatable bonds is 6. The molecule has 2 aromatic rings. The van der Waals surface area contributed by atoms with Gasteiger partial charge in [-0.2, -0.15) is 0 Å². The van der Waals surface area contributed by atoms with Crippen molar-refractivity contribution in [2.24, 2.45) is 0 Å². The number of benzene rings is 2. The van der Waals surface area contributed by atoms with Gasteiger partial charge in [0.1, 0.15) is 0 Å². The van der Waals surface area contributed by atoms with E-state index in [1.165, 1.54) is 13.0 Å². The number of hydrogen-bond donors (Lipinski definition) is 3. The van der Waals surface area contributed by atoms with Crippen LogP contribution in [0.3, 0.4) is 0 Å². The first-order valence-electron chi connectivity index (χ1n) is 7.60. The summed E-state index contributed by atoms with van der Waals surface area (Å²) >= 11 is 0. The molecule has 25 heavy (non-hydrogen) atoms. The molecule has 0 radical (unpaired) electrons. The van der Waals surface area contributed by atoms with Gasteiger partial charge in [-0.3, -0.25) is 9.59 Å². The summed E-state index contributed by atoms with van der Waals surface area (Å²) in [6, 6.07) is 13.8. The van der Waals surface area contributed by atoms with Gasteiger partial charge in [-0.25, -0.2) is 4.79 Å². The molecule has 128 valence electrons. The number of carbonyl (C=O) groups is 3. The van der Waals surface area contributed by atoms with E-state index in [9.17, 15) is 14.4 Å². The van der Waals surface area contributed by atoms with Crippen LogP contribution in [-0.4, -0.2) is 22.9 Å². The zero-order chi connectivity index (χ0) is 18.2. The normalized spacial score (nSPS) is 10.4. The fraction of sp³-hybridized carbons (Fsp3) is 0.105. The number of carboxylic acids is 1. The van der Waals surface area contributed by atoms with E-state index in [2.05, 4.69) is 10.6 Å². The third-order valence-corrected chi connectivity index (χ3v) is 3.34. The van der Waals surface area contributed by atoms with E-state index in [0.717, 1.165) is 17.2 Å². The third-order valence-electron chi connectivity index (χ3n) is 3.34. The highest BCUT2D eigenvalue weighted by atomic mass is 16.4. The van der Waals surface area contributed by atoms with Crippen molar-refractivity contribution in [3.8, 4) is 0 Å². The summed E-state index contributed by atoms with van der Waals surface area (Å²) in [5.41, 5.74) is 2.74. The van der Waals surface area contributed by atoms with E-state index in [-0.39, 0.29) is 11.8 Å². The highest BCUT2D eigenvalue weighted by Crippen LogP contribution is 2.13. The standard InChI is InChI=1S/C19H18N2O4/c1-13(22)20-12-15-2-7-16(8-3-15)19(25)21-17-9-4-14(5-10-17)6-11-18(23)24/h2-11H,12H2,1H3,(H,20,22)(H,21,25)(H,23,24). The lowest BCUT2D eigenvalue weighted by Gasteiger charge is -2.07. The average molecular weight is 338 g/mol. The summed E-state index contributed by atoms with van der Waals surface area (Å²) in [7, 11) is 0. The van der Waals surface area contributed by atoms with Crippen LogP contribution < -0.4 is 10.6 Å². The van der Waals surface area contributed by atoms with Crippen LogP contribution in [0.5, 0.6) is 0 Å². The molecule has 3 N–H and O–H groups in total. The van der Waals surface area contributed by atoms with E-state index in [1.807, 2.05) is 0 Å². The van der Waals surface area contributed by atoms with Crippen molar-refractivity contribution in [1.29, 1.82) is 0 Å². The van der Waals surface area contributed by atoms with Gasteiger partial charge in [0, 0.05) is 30.8 Å². The maximum Gasteiger partial charge on any atom is 0.328 e. The Kier molecular flexibility index (Phi) is 6.06. The Morgan fingerprint density at radius 2 is 1.64 bits per heavy atom. The number of carbonyl (C=O) groups excluding carboxylic acids is 2. The second-order valence-electron chi connectivity index (χ2n) is 5.35. The Labute approximate surface area is 145 Å². The quantitative estimate of drug-likeness (QED) is 0.706. The van der Waals surface area contributed by atoms with Crippen LogP contribution in [0.2, 0.25) is 0 Å². The average Bonchev–Trinajstić information content (AvgIpc) is 2.59. The molecule has 0 bridgehead atoms. The maximum absolute atomic E-state index is 12.2. The molecule has 0 aliphatic rings. The van der Waals surface area contributed by atoms with Gasteiger partial charge in [-0.15, -0.1) is 0 Å². The zero-order valence-electron chi connectivity index (χ0n) is 13.7. The summed E-state index contributed by atoms with van der Waals surface area (Å²) in [6.07, 6.45) is 2.53. The summed E-state index contributed by atoms with van der Waals surface area (Å²) in [4.78, 5) is 33.6. The topological polar surface area (TPSA) is 95.5 Å². The molecular weight excluding hydrogens is 320 g/mol. The van der Waals surface area contributed by atoms with Crippen LogP contribution in [-0.2, 0) is 16.1 Å². The lowest BCUT2D eigenvalue weighted by atomic mass is 10.1. The molecule has 0 fully saturated rings. The molecule has 0 saturated carbocycles. The van der Waals surface area contributed by atoms with Crippen LogP contribution in [0.25, 0.3) is 6.08 Å². The third kappa shape index (κ3) is 5.95. The van der Waals surface area contributed by atoms with Crippen molar-refractivity contribution in [3.63, 3.8) is 0 Å². The number of aliphatic carboxylic acids is 1. The van der Waals surface area contributed by atoms with Gasteiger partial charge in [-0.1, -0.05) is 24.3 Å². The summed E-state index contributed by atoms with van der Waals surface area (Å²) in [6.45, 7) is 1.87. The highest BCUT2D eigenvalue weighted by Gasteiger charge is 2.06. The first kappa shape index (κ1) is 17.9. The van der Waals surface area contributed by atoms with Crippen molar-refractivity contribution in [3.05, 3.63) is 71.3 Å². The van der Waals surface area contributed by atoms with Crippen molar-refractivity contribution in [2.45, 2.75) is 13.5 Å². The molecule has 0 spiro atoms. The monoisotopic (exact) mass is 338 g/mol. The Morgan fingerprint density at radius 1 is 1.00 bits per heavy atom. The molecule has 2 rings (SSSR count). The van der Waals surface area contributed by atoms with E-state index < -0.39 is 5.97 Å². The summed E-state index contributed by atoms with van der Waals surface area (Å²) in [5.74, 6) is -1.37. The highest BCUT2D eigenvalue weighted by molar-refractivity contribution is 6.04. The van der Waals surface area contributed by atoms with Crippen molar-refractivity contribution >= 4 is 29.5 Å². The minimum atomic E-state index is -1.01. The van der Waals surface area contributed by atoms with Crippen molar-refractivity contribution in [2.75, 3.05) is 5.32 Å². The Balaban J connectivity index is 1.97. The number of carboxylic acid groups (broad SMARTS) is 1. The minimum absolute atomic E-state index is 0.108. The molecule has 0 aliphatic heterocycles. The predicted molar refractivity (Wildman–Crippen MR) is 95.0 cm³/mol. The van der Waals surface area contributed by atoms with Gasteiger partial charge < -0.3 is 15.7 Å². The predicted octanol–water partition coefficient (Wildman–Crippen LogP) is 2.67. The van der Waals surface area contributed by atoms with Gasteiger partial charge in [0.15, 0.2) is 0 Å². The lowest BCUT2D eigenvalue weighted by molar-refractivity contribution is -0.131. The molecule has 2 amide bonds. The molecule has 6 heteroatoms. The van der Waals surface area contributed by atoms with Gasteiger partial charge in [0.05, 0.1) is 0 Å². The van der Waals surface area contributed by atoms with E-state index >= 15 is 0 Å². The summed E-state index contributed by atoms with van der Waals surface area (Å²) in [5, 5.41) is 14.1. The molecule has 0 atom stereocenters. The molecule has 0 heterocycles. The SMILES string of the molecule is CC(=O)NCc1ccc(C(=O)Nc2ccc(C=CC(=O)O)cc2)cc1. The Hall–Kier alpha value is -3.41. The van der Waals surface area contributed by atoms with Crippen LogP contribution >= 0.6 is 0 Å². The van der Waals surface area contributed by atoms with E-state index in [4.69, 9.17) is 5.11 Å². The van der Waals surface area contributed by atoms with Gasteiger partial charge in [0.2, 0.25) is 5.91 Å². The van der Waals surface area contributed by atoms with Crippen LogP contribution in [0.1, 0.15) is 28.4 Å². The van der Waals surface area contributed by atoms with E-state index in [0.29, 0.717) is 17.8 Å². The minimum Gasteiger partial charge on any atom is -0.478 e. The molecule has 2 aromatic carbocycles. The van der Waals surface area contributed by atoms with Crippen molar-refractivity contribution in [1.82, 2.24) is 5.32 Å². The molecule has 0 aromatic heterocycles. The molecule has 0 unspecified atom stereocenters. The number of hydrogen-bond acceptors (Lipinski definition) is 3. The molecule has 0 aliphatic carbocycles. The first-order chi connectivity index (χ1) is 11.9. The second kappa shape index (κ2) is 8.44. The maximum atomic E-state index is 12.2. The lowest BCUT2D eigenvalue weighted by Crippen LogP contribution is -2.19. The van der Waals surface area contributed by atoms with Gasteiger partial charge >= 0.3 is 5.97 Å². The Morgan fingerprint density at radius 3 is 2.20 bits per heavy atom. The number of anilines is 1. The molecular formula is C19H18N2O4. The van der Waals surface area contributed by atoms with E-state index in [1.54, 1.807) is 48.5 Å². The fourth-order valence-electron chi connectivity index (χ4n) is 2.05. The van der Waals surface area contributed by atoms with Gasteiger partial charge in [-0.05, 0) is 41.5 Å². The van der Waals surface area contributed by atoms with Gasteiger partial charge in [0.25, 0.3) is 5.91 Å². The van der Waals surface area contributed by atoms with Crippen LogP contribution in [0, 0.1) is 0 Å². The second-order valence-corrected chi connectivity index (χ2v) is 5.35. The van der Waals surface area contributed by atoms with Crippen molar-refractivity contribution < 1.29 is 19.5 Å². The molecule has 6 nitrogen and oxygen atoms in total. The smallest absolute Gasteiger partial charge is 0.328 e. The number of amides is 2. The van der Waals surface area contributed by atoms with Crippen LogP contribution in [0.4, 0.5) is 5.69 Å². The Bertz CT molecular complexity index is 793. The summed E-state index contributed by atoms with van der Waals surface area (Å²) < 4.78 is 0. The first-order valence-corrected chi connectivity index (χ1v) is 7.60. The zero-order valence-corrected chi connectivity index (χ0v) is 13.7. The number of nitrogens with one attached hydrogen (secondary N) is 2. The fourth-order valence-corrected chi connectivity index (χ4v) is 2.05. The largest absolute Gasteiger partial charge is 0.478 e. The molecule has 0 saturated heterocycles. The van der Waals surface area contributed by atoms with Crippen LogP contribution in [0.15, 0.2) is 54.6 Å².